The Labute approximate surface area is 136 Å². The lowest BCUT2D eigenvalue weighted by Gasteiger charge is -2.26. The van der Waals surface area contributed by atoms with Gasteiger partial charge in [0.2, 0.25) is 0 Å². The van der Waals surface area contributed by atoms with Crippen LogP contribution in [0.15, 0.2) is 16.9 Å². The number of hydrogen-bond acceptors (Lipinski definition) is 3. The first-order chi connectivity index (χ1) is 10.7. The van der Waals surface area contributed by atoms with Crippen molar-refractivity contribution in [1.29, 1.82) is 0 Å². The summed E-state index contributed by atoms with van der Waals surface area (Å²) >= 11 is 0. The van der Waals surface area contributed by atoms with Gasteiger partial charge in [-0.25, -0.2) is 4.39 Å². The molecule has 2 atom stereocenters. The Hall–Kier alpha value is -0.900. The second kappa shape index (κ2) is 10.8. The van der Waals surface area contributed by atoms with Crippen LogP contribution < -0.4 is 5.32 Å². The van der Waals surface area contributed by atoms with E-state index < -0.39 is 6.30 Å². The fraction of sp³-hybridized carbons (Fsp3) is 0.833. The van der Waals surface area contributed by atoms with Crippen molar-refractivity contribution >= 4 is 6.72 Å². The number of halogens is 1. The first-order valence-electron chi connectivity index (χ1n) is 8.92. The van der Waals surface area contributed by atoms with Gasteiger partial charge in [0.1, 0.15) is 0 Å². The van der Waals surface area contributed by atoms with Crippen molar-refractivity contribution in [3.63, 3.8) is 0 Å². The van der Waals surface area contributed by atoms with Crippen molar-refractivity contribution in [2.24, 2.45) is 16.9 Å². The Morgan fingerprint density at radius 3 is 2.68 bits per heavy atom. The van der Waals surface area contributed by atoms with Crippen LogP contribution in [0.5, 0.6) is 0 Å². The third-order valence-electron chi connectivity index (χ3n) is 4.57. The topological polar surface area (TPSA) is 27.6 Å². The van der Waals surface area contributed by atoms with E-state index in [4.69, 9.17) is 0 Å². The van der Waals surface area contributed by atoms with E-state index in [2.05, 4.69) is 35.1 Å². The van der Waals surface area contributed by atoms with Crippen LogP contribution in [0.3, 0.4) is 0 Å². The van der Waals surface area contributed by atoms with Gasteiger partial charge in [0.05, 0.1) is 0 Å². The lowest BCUT2D eigenvalue weighted by Crippen LogP contribution is -2.27. The Morgan fingerprint density at radius 1 is 1.45 bits per heavy atom. The summed E-state index contributed by atoms with van der Waals surface area (Å²) in [6.45, 7) is 11.7. The van der Waals surface area contributed by atoms with Gasteiger partial charge < -0.3 is 0 Å². The van der Waals surface area contributed by atoms with E-state index in [1.165, 1.54) is 25.0 Å². The van der Waals surface area contributed by atoms with Crippen LogP contribution in [0.1, 0.15) is 65.7 Å². The molecule has 0 aliphatic heterocycles. The number of allylic oxidation sites excluding steroid dienone is 2. The first kappa shape index (κ1) is 19.1. The molecule has 0 radical (unpaired) electrons. The summed E-state index contributed by atoms with van der Waals surface area (Å²) in [5.41, 5.74) is 1.21. The molecule has 1 aliphatic carbocycles. The van der Waals surface area contributed by atoms with Crippen molar-refractivity contribution in [1.82, 2.24) is 10.3 Å². The van der Waals surface area contributed by atoms with Crippen LogP contribution in [0.4, 0.5) is 4.39 Å². The average Bonchev–Trinajstić information content (AvgIpc) is 3.35. The van der Waals surface area contributed by atoms with E-state index in [9.17, 15) is 4.39 Å². The molecule has 1 aliphatic rings. The average molecular weight is 311 g/mol. The number of hydrazone groups is 1. The summed E-state index contributed by atoms with van der Waals surface area (Å²) in [5, 5.41) is 9.22. The number of nitrogens with zero attached hydrogens (tertiary/aromatic N) is 2. The van der Waals surface area contributed by atoms with Crippen LogP contribution >= 0.6 is 0 Å². The zero-order valence-corrected chi connectivity index (χ0v) is 14.7. The van der Waals surface area contributed by atoms with E-state index in [0.717, 1.165) is 37.6 Å². The van der Waals surface area contributed by atoms with E-state index >= 15 is 0 Å². The van der Waals surface area contributed by atoms with Gasteiger partial charge >= 0.3 is 0 Å². The lowest BCUT2D eigenvalue weighted by atomic mass is 10.00. The van der Waals surface area contributed by atoms with Crippen molar-refractivity contribution < 1.29 is 4.39 Å². The zero-order valence-electron chi connectivity index (χ0n) is 14.7. The fourth-order valence-corrected chi connectivity index (χ4v) is 2.97. The maximum Gasteiger partial charge on any atom is 0.151 e. The summed E-state index contributed by atoms with van der Waals surface area (Å²) in [6.07, 6.45) is 8.51. The molecule has 2 unspecified atom stereocenters. The Kier molecular flexibility index (Phi) is 9.37. The molecule has 128 valence electrons. The number of nitrogens with one attached hydrogen (secondary N) is 1. The van der Waals surface area contributed by atoms with E-state index in [1.807, 2.05) is 13.8 Å². The first-order valence-corrected chi connectivity index (χ1v) is 8.92. The van der Waals surface area contributed by atoms with Crippen LogP contribution in [-0.4, -0.2) is 31.1 Å². The standard InChI is InChI=1S/C18H34FN3/c1-5-9-18(19)21-13-8-10-17(7-3)22(20-4)14-15(6-2)16-11-12-16/h7,15-16,18,21H,4-6,8-14H2,1-3H3/b17-7-. The molecule has 0 spiro atoms. The summed E-state index contributed by atoms with van der Waals surface area (Å²) < 4.78 is 13.4. The Balaban J connectivity index is 2.35. The van der Waals surface area contributed by atoms with E-state index in [-0.39, 0.29) is 0 Å². The Morgan fingerprint density at radius 2 is 2.18 bits per heavy atom. The van der Waals surface area contributed by atoms with Gasteiger partial charge in [0.25, 0.3) is 0 Å². The van der Waals surface area contributed by atoms with Gasteiger partial charge in [-0.05, 0) is 57.4 Å². The SMILES string of the molecule is C=NN(CC(CC)C1CC1)/C(=C\C)CCCNC(F)CCC. The second-order valence-corrected chi connectivity index (χ2v) is 6.32. The molecule has 0 aromatic carbocycles. The summed E-state index contributed by atoms with van der Waals surface area (Å²) in [4.78, 5) is 0. The summed E-state index contributed by atoms with van der Waals surface area (Å²) in [5.74, 6) is 1.61. The molecule has 1 N–H and O–H groups in total. The van der Waals surface area contributed by atoms with Crippen LogP contribution in [0, 0.1) is 11.8 Å². The second-order valence-electron chi connectivity index (χ2n) is 6.32. The fourth-order valence-electron chi connectivity index (χ4n) is 2.97. The molecule has 4 heteroatoms. The Bertz CT molecular complexity index is 339. The van der Waals surface area contributed by atoms with Gasteiger partial charge in [-0.3, -0.25) is 10.3 Å². The van der Waals surface area contributed by atoms with Gasteiger partial charge in [0.15, 0.2) is 6.30 Å². The maximum atomic E-state index is 13.4. The minimum absolute atomic E-state index is 0.594. The number of hydrogen-bond donors (Lipinski definition) is 1. The van der Waals surface area contributed by atoms with Crippen LogP contribution in [0.2, 0.25) is 0 Å². The smallest absolute Gasteiger partial charge is 0.151 e. The van der Waals surface area contributed by atoms with E-state index in [1.54, 1.807) is 0 Å². The highest BCUT2D eigenvalue weighted by molar-refractivity contribution is 5.23. The van der Waals surface area contributed by atoms with Crippen molar-refractivity contribution in [3.05, 3.63) is 11.8 Å². The summed E-state index contributed by atoms with van der Waals surface area (Å²) in [6, 6.07) is 0. The molecule has 3 nitrogen and oxygen atoms in total. The van der Waals surface area contributed by atoms with Gasteiger partial charge in [-0.2, -0.15) is 5.10 Å². The monoisotopic (exact) mass is 311 g/mol. The van der Waals surface area contributed by atoms with Crippen molar-refractivity contribution in [3.8, 4) is 0 Å². The molecule has 0 heterocycles. The third kappa shape index (κ3) is 6.91. The molecule has 1 rings (SSSR count). The maximum absolute atomic E-state index is 13.4. The van der Waals surface area contributed by atoms with Crippen LogP contribution in [0.25, 0.3) is 0 Å². The van der Waals surface area contributed by atoms with Crippen LogP contribution in [-0.2, 0) is 0 Å². The highest BCUT2D eigenvalue weighted by Crippen LogP contribution is 2.39. The van der Waals surface area contributed by atoms with Gasteiger partial charge in [0, 0.05) is 19.0 Å². The van der Waals surface area contributed by atoms with Crippen molar-refractivity contribution in [2.45, 2.75) is 72.0 Å². The zero-order chi connectivity index (χ0) is 16.4. The molecule has 1 saturated carbocycles. The number of rotatable bonds is 13. The predicted octanol–water partition coefficient (Wildman–Crippen LogP) is 4.71. The molecular formula is C18H34FN3. The molecule has 0 bridgehead atoms. The van der Waals surface area contributed by atoms with Gasteiger partial charge in [-0.15, -0.1) is 0 Å². The van der Waals surface area contributed by atoms with Gasteiger partial charge in [-0.1, -0.05) is 32.8 Å². The molecule has 0 amide bonds. The largest absolute Gasteiger partial charge is 0.288 e. The van der Waals surface area contributed by atoms with E-state index in [0.29, 0.717) is 13.0 Å². The highest BCUT2D eigenvalue weighted by Gasteiger charge is 2.31. The third-order valence-corrected chi connectivity index (χ3v) is 4.57. The minimum atomic E-state index is -0.868. The molecule has 0 saturated heterocycles. The molecule has 0 aromatic heterocycles. The number of alkyl halides is 1. The van der Waals surface area contributed by atoms with Crippen molar-refractivity contribution in [2.75, 3.05) is 13.1 Å². The predicted molar refractivity (Wildman–Crippen MR) is 93.6 cm³/mol. The molecular weight excluding hydrogens is 277 g/mol. The normalized spacial score (nSPS) is 18.1. The lowest BCUT2D eigenvalue weighted by molar-refractivity contribution is 0.248. The summed E-state index contributed by atoms with van der Waals surface area (Å²) in [7, 11) is 0. The quantitative estimate of drug-likeness (QED) is 0.231. The minimum Gasteiger partial charge on any atom is -0.288 e. The molecule has 0 aromatic rings. The highest BCUT2D eigenvalue weighted by atomic mass is 19.1. The molecule has 1 fully saturated rings. The molecule has 22 heavy (non-hydrogen) atoms.